The average molecular weight is 432 g/mol. The van der Waals surface area contributed by atoms with Gasteiger partial charge in [0.25, 0.3) is 5.56 Å². The smallest absolute Gasteiger partial charge is 0.315 e. The largest absolute Gasteiger partial charge is 0.500 e. The van der Waals surface area contributed by atoms with E-state index in [-0.39, 0.29) is 26.8 Å². The van der Waals surface area contributed by atoms with Crippen LogP contribution in [0.3, 0.4) is 0 Å². The van der Waals surface area contributed by atoms with Crippen molar-refractivity contribution in [3.8, 4) is 17.2 Å². The van der Waals surface area contributed by atoms with Gasteiger partial charge in [-0.2, -0.15) is 0 Å². The van der Waals surface area contributed by atoms with Crippen molar-refractivity contribution >= 4 is 28.4 Å². The van der Waals surface area contributed by atoms with E-state index in [9.17, 15) is 28.4 Å². The second-order valence-corrected chi connectivity index (χ2v) is 7.74. The minimum absolute atomic E-state index is 0.104. The molecule has 0 radical (unpaired) electrons. The third kappa shape index (κ3) is 3.81. The highest BCUT2D eigenvalue weighted by molar-refractivity contribution is 7.89. The molecule has 0 saturated carbocycles. The number of aromatic nitrogens is 2. The highest BCUT2D eigenvalue weighted by atomic mass is 32.2. The van der Waals surface area contributed by atoms with E-state index >= 15 is 0 Å². The molecule has 0 aliphatic rings. The van der Waals surface area contributed by atoms with Crippen molar-refractivity contribution in [1.29, 1.82) is 0 Å². The molecule has 0 amide bonds. The number of H-pyrrole nitrogens is 1. The molecule has 0 saturated heterocycles. The summed E-state index contributed by atoms with van der Waals surface area (Å²) in [5.41, 5.74) is -0.556. The number of hydrogen-bond acceptors (Lipinski definition) is 7. The number of sulfonamides is 1. The van der Waals surface area contributed by atoms with Crippen molar-refractivity contribution in [1.82, 2.24) is 9.78 Å². The number of primary sulfonamides is 1. The molecular formula is C18H16N4O7S. The predicted molar refractivity (Wildman–Crippen MR) is 107 cm³/mol. The number of phenols is 1. The summed E-state index contributed by atoms with van der Waals surface area (Å²) in [5.74, 6) is -0.758. The normalized spacial score (nSPS) is 12.1. The van der Waals surface area contributed by atoms with Gasteiger partial charge in [0, 0.05) is 6.07 Å². The lowest BCUT2D eigenvalue weighted by atomic mass is 10.1. The Morgan fingerprint density at radius 3 is 2.47 bits per heavy atom. The zero-order chi connectivity index (χ0) is 22.2. The molecule has 0 spiro atoms. The number of aromatic hydroxyl groups is 1. The monoisotopic (exact) mass is 432 g/mol. The first-order valence-electron chi connectivity index (χ1n) is 8.23. The Bertz CT molecular complexity index is 1420. The molecular weight excluding hydrogens is 416 g/mol. The second-order valence-electron chi connectivity index (χ2n) is 6.18. The Morgan fingerprint density at radius 1 is 1.30 bits per heavy atom. The number of hydrogen-bond donors (Lipinski definition) is 3. The number of ether oxygens (including phenoxy) is 1. The van der Waals surface area contributed by atoms with Gasteiger partial charge in [-0.1, -0.05) is 6.58 Å². The number of aromatic amines is 1. The lowest BCUT2D eigenvalue weighted by Gasteiger charge is -2.05. The van der Waals surface area contributed by atoms with E-state index in [1.807, 2.05) is 0 Å². The number of nitrogens with zero attached hydrogens (tertiary/aromatic N) is 2. The highest BCUT2D eigenvalue weighted by Gasteiger charge is 2.19. The lowest BCUT2D eigenvalue weighted by molar-refractivity contribution is -0.386. The van der Waals surface area contributed by atoms with Gasteiger partial charge in [-0.25, -0.2) is 18.2 Å². The number of nitro groups is 1. The summed E-state index contributed by atoms with van der Waals surface area (Å²) in [7, 11) is -2.64. The van der Waals surface area contributed by atoms with Gasteiger partial charge >= 0.3 is 5.69 Å². The van der Waals surface area contributed by atoms with Gasteiger partial charge in [0.05, 0.1) is 33.2 Å². The standard InChI is InChI=1S/C18H16N4O7S/c1-10-14(7-11-8-15(22(25)26)17(23)16(9-11)29-2)18(24)21(20-10)12-3-5-13(6-4-12)30(19,27)28/h3-9,20,23H,1H2,2H3,(H2,19,27,28)/b14-7+. The number of nitrogens with two attached hydrogens (primary N) is 1. The maximum Gasteiger partial charge on any atom is 0.315 e. The maximum atomic E-state index is 12.8. The van der Waals surface area contributed by atoms with Crippen LogP contribution in [0.25, 0.3) is 18.3 Å². The number of rotatable bonds is 5. The van der Waals surface area contributed by atoms with Crippen molar-refractivity contribution in [2.24, 2.45) is 5.14 Å². The summed E-state index contributed by atoms with van der Waals surface area (Å²) < 4.78 is 28.8. The third-order valence-electron chi connectivity index (χ3n) is 4.23. The molecule has 30 heavy (non-hydrogen) atoms. The van der Waals surface area contributed by atoms with Crippen LogP contribution in [-0.4, -0.2) is 35.3 Å². The molecule has 11 nitrogen and oxygen atoms in total. The zero-order valence-corrected chi connectivity index (χ0v) is 16.3. The van der Waals surface area contributed by atoms with Crippen molar-refractivity contribution < 1.29 is 23.2 Å². The Labute approximate surface area is 169 Å². The van der Waals surface area contributed by atoms with Crippen molar-refractivity contribution in [2.75, 3.05) is 7.11 Å². The van der Waals surface area contributed by atoms with Crippen LogP contribution in [0.1, 0.15) is 5.56 Å². The maximum absolute atomic E-state index is 12.8. The molecule has 4 N–H and O–H groups in total. The quantitative estimate of drug-likeness (QED) is 0.366. The fourth-order valence-electron chi connectivity index (χ4n) is 2.77. The van der Waals surface area contributed by atoms with Crippen molar-refractivity contribution in [2.45, 2.75) is 4.90 Å². The summed E-state index contributed by atoms with van der Waals surface area (Å²) in [6.07, 6.45) is 1.35. The zero-order valence-electron chi connectivity index (χ0n) is 15.5. The number of phenolic OH excluding ortho intramolecular Hbond substituents is 1. The SMILES string of the molecule is C=c1[nH]n(-c2ccc(S(N)(=O)=O)cc2)c(=O)/c1=C/c1cc(OC)c(O)c([N+](=O)[O-])c1. The van der Waals surface area contributed by atoms with Crippen LogP contribution in [-0.2, 0) is 10.0 Å². The first kappa shape index (κ1) is 20.8. The van der Waals surface area contributed by atoms with E-state index in [0.29, 0.717) is 5.69 Å². The molecule has 1 heterocycles. The fraction of sp³-hybridized carbons (Fsp3) is 0.0556. The molecule has 1 aromatic heterocycles. The van der Waals surface area contributed by atoms with E-state index in [2.05, 4.69) is 11.7 Å². The van der Waals surface area contributed by atoms with Gasteiger partial charge in [0.1, 0.15) is 0 Å². The van der Waals surface area contributed by atoms with Gasteiger partial charge in [0.2, 0.25) is 15.8 Å². The summed E-state index contributed by atoms with van der Waals surface area (Å²) in [6, 6.07) is 7.69. The van der Waals surface area contributed by atoms with Crippen LogP contribution < -0.4 is 26.0 Å². The molecule has 0 bridgehead atoms. The number of nitrogens with one attached hydrogen (secondary N) is 1. The Hall–Kier alpha value is -3.90. The molecule has 0 aliphatic carbocycles. The summed E-state index contributed by atoms with van der Waals surface area (Å²) in [4.78, 5) is 23.1. The van der Waals surface area contributed by atoms with E-state index in [0.717, 1.165) is 10.7 Å². The minimum Gasteiger partial charge on any atom is -0.500 e. The van der Waals surface area contributed by atoms with Crippen molar-refractivity contribution in [3.05, 3.63) is 73.0 Å². The molecule has 0 aliphatic heterocycles. The Balaban J connectivity index is 2.17. The van der Waals surface area contributed by atoms with Crippen LogP contribution in [0.2, 0.25) is 0 Å². The molecule has 12 heteroatoms. The Kier molecular flexibility index (Phi) is 5.20. The van der Waals surface area contributed by atoms with Crippen LogP contribution in [0.15, 0.2) is 46.1 Å². The summed E-state index contributed by atoms with van der Waals surface area (Å²) >= 11 is 0. The van der Waals surface area contributed by atoms with Crippen LogP contribution in [0.4, 0.5) is 5.69 Å². The molecule has 0 unspecified atom stereocenters. The molecule has 156 valence electrons. The third-order valence-corrected chi connectivity index (χ3v) is 5.16. The first-order chi connectivity index (χ1) is 14.0. The van der Waals surface area contributed by atoms with E-state index in [1.165, 1.54) is 43.5 Å². The number of benzene rings is 2. The van der Waals surface area contributed by atoms with Gasteiger partial charge in [-0.05, 0) is 42.0 Å². The summed E-state index contributed by atoms with van der Waals surface area (Å²) in [5, 5.41) is 29.2. The fourth-order valence-corrected chi connectivity index (χ4v) is 3.29. The van der Waals surface area contributed by atoms with E-state index in [1.54, 1.807) is 0 Å². The molecule has 2 aromatic carbocycles. The lowest BCUT2D eigenvalue weighted by Crippen LogP contribution is -2.34. The number of nitro benzene ring substituents is 1. The predicted octanol–water partition coefficient (Wildman–Crippen LogP) is -0.326. The molecule has 0 atom stereocenters. The van der Waals surface area contributed by atoms with Gasteiger partial charge < -0.3 is 9.84 Å². The van der Waals surface area contributed by atoms with Crippen LogP contribution >= 0.6 is 0 Å². The Morgan fingerprint density at radius 2 is 1.93 bits per heavy atom. The minimum atomic E-state index is -3.88. The van der Waals surface area contributed by atoms with Crippen LogP contribution in [0.5, 0.6) is 11.5 Å². The highest BCUT2D eigenvalue weighted by Crippen LogP contribution is 2.36. The topological polar surface area (TPSA) is 171 Å². The first-order valence-corrected chi connectivity index (χ1v) is 9.78. The van der Waals surface area contributed by atoms with Gasteiger partial charge in [-0.3, -0.25) is 20.0 Å². The molecule has 3 aromatic rings. The average Bonchev–Trinajstić information content (AvgIpc) is 2.96. The van der Waals surface area contributed by atoms with Gasteiger partial charge in [0.15, 0.2) is 5.75 Å². The second kappa shape index (κ2) is 7.50. The number of methoxy groups -OCH3 is 1. The van der Waals surface area contributed by atoms with E-state index in [4.69, 9.17) is 9.88 Å². The van der Waals surface area contributed by atoms with Gasteiger partial charge in [-0.15, -0.1) is 0 Å². The van der Waals surface area contributed by atoms with E-state index < -0.39 is 31.9 Å². The molecule has 3 rings (SSSR count). The van der Waals surface area contributed by atoms with Crippen LogP contribution in [0, 0.1) is 10.1 Å². The summed E-state index contributed by atoms with van der Waals surface area (Å²) in [6.45, 7) is 3.76. The van der Waals surface area contributed by atoms with Crippen molar-refractivity contribution in [3.63, 3.8) is 0 Å². The molecule has 0 fully saturated rings.